The summed E-state index contributed by atoms with van der Waals surface area (Å²) >= 11 is 1.86. The molecule has 0 N–H and O–H groups in total. The normalized spacial score (nSPS) is 22.6. The highest BCUT2D eigenvalue weighted by Crippen LogP contribution is 2.45. The Hall–Kier alpha value is -0.870. The van der Waals surface area contributed by atoms with E-state index in [1.165, 1.54) is 10.5 Å². The van der Waals surface area contributed by atoms with Crippen molar-refractivity contribution in [2.75, 3.05) is 19.7 Å². The number of thioether (sulfide) groups is 1. The molecule has 2 heterocycles. The predicted octanol–water partition coefficient (Wildman–Crippen LogP) is 2.60. The van der Waals surface area contributed by atoms with Crippen LogP contribution in [0.15, 0.2) is 17.0 Å². The smallest absolute Gasteiger partial charge is 0.231 e. The van der Waals surface area contributed by atoms with Crippen LogP contribution in [0.2, 0.25) is 0 Å². The zero-order chi connectivity index (χ0) is 10.3. The van der Waals surface area contributed by atoms with Crippen molar-refractivity contribution >= 4 is 11.8 Å². The number of methoxy groups -OCH3 is 1. The van der Waals surface area contributed by atoms with Crippen LogP contribution in [-0.4, -0.2) is 19.7 Å². The summed E-state index contributed by atoms with van der Waals surface area (Å²) in [5.74, 6) is 2.81. The second kappa shape index (κ2) is 3.61. The van der Waals surface area contributed by atoms with E-state index in [-0.39, 0.29) is 6.10 Å². The maximum Gasteiger partial charge on any atom is 0.231 e. The lowest BCUT2D eigenvalue weighted by atomic mass is 10.1. The summed E-state index contributed by atoms with van der Waals surface area (Å²) in [4.78, 5) is 1.26. The first-order valence-corrected chi connectivity index (χ1v) is 5.96. The van der Waals surface area contributed by atoms with E-state index < -0.39 is 0 Å². The molecule has 0 aromatic heterocycles. The van der Waals surface area contributed by atoms with Gasteiger partial charge >= 0.3 is 0 Å². The minimum Gasteiger partial charge on any atom is -0.454 e. The van der Waals surface area contributed by atoms with Crippen LogP contribution in [-0.2, 0) is 4.74 Å². The molecule has 1 atom stereocenters. The molecule has 0 fully saturated rings. The van der Waals surface area contributed by atoms with E-state index in [0.717, 1.165) is 23.7 Å². The highest BCUT2D eigenvalue weighted by Gasteiger charge is 2.25. The van der Waals surface area contributed by atoms with Crippen LogP contribution in [0.25, 0.3) is 0 Å². The van der Waals surface area contributed by atoms with Gasteiger partial charge in [0.1, 0.15) is 0 Å². The Bertz CT molecular complexity index is 392. The van der Waals surface area contributed by atoms with Crippen molar-refractivity contribution in [1.29, 1.82) is 0 Å². The van der Waals surface area contributed by atoms with Gasteiger partial charge in [-0.15, -0.1) is 11.8 Å². The van der Waals surface area contributed by atoms with Crippen LogP contribution in [0.3, 0.4) is 0 Å². The molecule has 3 nitrogen and oxygen atoms in total. The standard InChI is InChI=1S/C11H12O3S/c1-12-8-2-3-15-11-5-10-9(4-7(8)11)13-6-14-10/h4-5,8H,2-3,6H2,1H3. The number of ether oxygens (including phenoxy) is 3. The van der Waals surface area contributed by atoms with Crippen molar-refractivity contribution in [3.05, 3.63) is 17.7 Å². The van der Waals surface area contributed by atoms with E-state index in [1.807, 2.05) is 11.8 Å². The fourth-order valence-corrected chi connectivity index (χ4v) is 3.09. The van der Waals surface area contributed by atoms with Gasteiger partial charge in [0.15, 0.2) is 11.5 Å². The Labute approximate surface area is 92.7 Å². The van der Waals surface area contributed by atoms with Gasteiger partial charge in [0, 0.05) is 17.8 Å². The summed E-state index contributed by atoms with van der Waals surface area (Å²) in [7, 11) is 1.76. The van der Waals surface area contributed by atoms with Crippen LogP contribution >= 0.6 is 11.8 Å². The Balaban J connectivity index is 2.08. The van der Waals surface area contributed by atoms with Gasteiger partial charge in [0.05, 0.1) is 6.10 Å². The third-order valence-electron chi connectivity index (χ3n) is 2.77. The summed E-state index contributed by atoms with van der Waals surface area (Å²) in [5, 5.41) is 0. The molecule has 80 valence electrons. The van der Waals surface area contributed by atoms with Gasteiger partial charge in [-0.3, -0.25) is 0 Å². The molecule has 1 aromatic carbocycles. The van der Waals surface area contributed by atoms with Gasteiger partial charge in [-0.05, 0) is 24.1 Å². The molecule has 0 bridgehead atoms. The van der Waals surface area contributed by atoms with E-state index in [9.17, 15) is 0 Å². The van der Waals surface area contributed by atoms with E-state index in [4.69, 9.17) is 14.2 Å². The zero-order valence-electron chi connectivity index (χ0n) is 8.49. The van der Waals surface area contributed by atoms with Crippen LogP contribution in [0.4, 0.5) is 0 Å². The average molecular weight is 224 g/mol. The molecule has 2 aliphatic heterocycles. The van der Waals surface area contributed by atoms with Crippen molar-refractivity contribution in [2.24, 2.45) is 0 Å². The number of fused-ring (bicyclic) bond motifs is 2. The van der Waals surface area contributed by atoms with Crippen LogP contribution in [0, 0.1) is 0 Å². The first-order chi connectivity index (χ1) is 7.38. The second-order valence-corrected chi connectivity index (χ2v) is 4.74. The average Bonchev–Trinajstić information content (AvgIpc) is 2.72. The van der Waals surface area contributed by atoms with Crippen molar-refractivity contribution in [2.45, 2.75) is 17.4 Å². The van der Waals surface area contributed by atoms with Gasteiger partial charge in [0.25, 0.3) is 0 Å². The quantitative estimate of drug-likeness (QED) is 0.733. The molecule has 0 amide bonds. The Morgan fingerprint density at radius 3 is 2.93 bits per heavy atom. The molecule has 4 heteroatoms. The molecule has 0 saturated carbocycles. The van der Waals surface area contributed by atoms with Gasteiger partial charge in [0.2, 0.25) is 6.79 Å². The maximum atomic E-state index is 5.47. The molecule has 0 spiro atoms. The number of hydrogen-bond donors (Lipinski definition) is 0. The minimum absolute atomic E-state index is 0.204. The molecule has 1 unspecified atom stereocenters. The molecular formula is C11H12O3S. The molecule has 1 aromatic rings. The van der Waals surface area contributed by atoms with Crippen molar-refractivity contribution < 1.29 is 14.2 Å². The van der Waals surface area contributed by atoms with E-state index in [1.54, 1.807) is 7.11 Å². The topological polar surface area (TPSA) is 27.7 Å². The van der Waals surface area contributed by atoms with E-state index >= 15 is 0 Å². The largest absolute Gasteiger partial charge is 0.454 e. The SMILES string of the molecule is COC1CCSc2cc3c(cc21)OCO3. The molecule has 0 radical (unpaired) electrons. The summed E-state index contributed by atoms with van der Waals surface area (Å²) in [6.45, 7) is 0.334. The van der Waals surface area contributed by atoms with Crippen molar-refractivity contribution in [3.63, 3.8) is 0 Å². The van der Waals surface area contributed by atoms with Gasteiger partial charge < -0.3 is 14.2 Å². The molecular weight excluding hydrogens is 212 g/mol. The lowest BCUT2D eigenvalue weighted by molar-refractivity contribution is 0.0972. The van der Waals surface area contributed by atoms with Crippen molar-refractivity contribution in [3.8, 4) is 11.5 Å². The zero-order valence-corrected chi connectivity index (χ0v) is 9.30. The van der Waals surface area contributed by atoms with Crippen LogP contribution in [0.5, 0.6) is 11.5 Å². The number of rotatable bonds is 1. The fourth-order valence-electron chi connectivity index (χ4n) is 1.99. The lowest BCUT2D eigenvalue weighted by Gasteiger charge is -2.23. The second-order valence-electron chi connectivity index (χ2n) is 3.60. The third kappa shape index (κ3) is 1.48. The highest BCUT2D eigenvalue weighted by atomic mass is 32.2. The summed E-state index contributed by atoms with van der Waals surface area (Å²) in [6, 6.07) is 4.12. The van der Waals surface area contributed by atoms with E-state index in [2.05, 4.69) is 12.1 Å². The van der Waals surface area contributed by atoms with Crippen LogP contribution < -0.4 is 9.47 Å². The minimum atomic E-state index is 0.204. The number of benzene rings is 1. The predicted molar refractivity (Wildman–Crippen MR) is 57.7 cm³/mol. The molecule has 0 aliphatic carbocycles. The van der Waals surface area contributed by atoms with Gasteiger partial charge in [-0.2, -0.15) is 0 Å². The van der Waals surface area contributed by atoms with Gasteiger partial charge in [-0.1, -0.05) is 0 Å². The Morgan fingerprint density at radius 2 is 2.13 bits per heavy atom. The maximum absolute atomic E-state index is 5.47. The van der Waals surface area contributed by atoms with Crippen molar-refractivity contribution in [1.82, 2.24) is 0 Å². The highest BCUT2D eigenvalue weighted by molar-refractivity contribution is 7.99. The Morgan fingerprint density at radius 1 is 1.33 bits per heavy atom. The monoisotopic (exact) mass is 224 g/mol. The summed E-state index contributed by atoms with van der Waals surface area (Å²) < 4.78 is 16.2. The molecule has 3 rings (SSSR count). The summed E-state index contributed by atoms with van der Waals surface area (Å²) in [6.07, 6.45) is 1.27. The van der Waals surface area contributed by atoms with Crippen LogP contribution in [0.1, 0.15) is 18.1 Å². The molecule has 0 saturated heterocycles. The van der Waals surface area contributed by atoms with E-state index in [0.29, 0.717) is 6.79 Å². The summed E-state index contributed by atoms with van der Waals surface area (Å²) in [5.41, 5.74) is 1.23. The number of hydrogen-bond acceptors (Lipinski definition) is 4. The Kier molecular flexibility index (Phi) is 2.25. The fraction of sp³-hybridized carbons (Fsp3) is 0.455. The third-order valence-corrected chi connectivity index (χ3v) is 3.88. The first-order valence-electron chi connectivity index (χ1n) is 4.97. The van der Waals surface area contributed by atoms with Gasteiger partial charge in [-0.25, -0.2) is 0 Å². The molecule has 2 aliphatic rings. The lowest BCUT2D eigenvalue weighted by Crippen LogP contribution is -2.08. The molecule has 15 heavy (non-hydrogen) atoms. The first kappa shape index (κ1) is 9.36.